The first-order valence-corrected chi connectivity index (χ1v) is 7.05. The molecule has 108 valence electrons. The van der Waals surface area contributed by atoms with Gasteiger partial charge in [-0.3, -0.25) is 9.59 Å². The summed E-state index contributed by atoms with van der Waals surface area (Å²) >= 11 is 11.6. The van der Waals surface area contributed by atoms with E-state index < -0.39 is 0 Å². The summed E-state index contributed by atoms with van der Waals surface area (Å²) in [6.45, 7) is 2.89. The van der Waals surface area contributed by atoms with Gasteiger partial charge < -0.3 is 15.5 Å². The highest BCUT2D eigenvalue weighted by Gasteiger charge is 2.17. The maximum atomic E-state index is 11.9. The molecule has 0 bridgehead atoms. The lowest BCUT2D eigenvalue weighted by Gasteiger charge is -2.27. The lowest BCUT2D eigenvalue weighted by Crippen LogP contribution is -2.49. The smallest absolute Gasteiger partial charge is 0.251 e. The van der Waals surface area contributed by atoms with Crippen molar-refractivity contribution in [1.82, 2.24) is 15.5 Å². The average Bonchev–Trinajstić information content (AvgIpc) is 2.48. The number of piperazine rings is 1. The Morgan fingerprint density at radius 2 is 1.90 bits per heavy atom. The largest absolute Gasteiger partial charge is 0.343 e. The summed E-state index contributed by atoms with van der Waals surface area (Å²) in [5, 5.41) is 6.46. The lowest BCUT2D eigenvalue weighted by atomic mass is 10.2. The highest BCUT2D eigenvalue weighted by Crippen LogP contribution is 2.22. The number of nitrogens with one attached hydrogen (secondary N) is 2. The van der Waals surface area contributed by atoms with Gasteiger partial charge >= 0.3 is 0 Å². The molecule has 0 atom stereocenters. The van der Waals surface area contributed by atoms with Crippen molar-refractivity contribution in [3.63, 3.8) is 0 Å². The van der Waals surface area contributed by atoms with Gasteiger partial charge in [0.05, 0.1) is 16.6 Å². The molecule has 0 spiro atoms. The van der Waals surface area contributed by atoms with Gasteiger partial charge in [-0.25, -0.2) is 0 Å². The molecule has 0 unspecified atom stereocenters. The summed E-state index contributed by atoms with van der Waals surface area (Å²) in [5.74, 6) is -0.424. The Morgan fingerprint density at radius 3 is 2.55 bits per heavy atom. The van der Waals surface area contributed by atoms with E-state index in [-0.39, 0.29) is 18.4 Å². The van der Waals surface area contributed by atoms with Crippen molar-refractivity contribution in [2.24, 2.45) is 0 Å². The molecule has 1 aromatic rings. The minimum atomic E-state index is -0.341. The third kappa shape index (κ3) is 3.85. The van der Waals surface area contributed by atoms with E-state index in [1.807, 2.05) is 0 Å². The molecule has 1 fully saturated rings. The predicted molar refractivity (Wildman–Crippen MR) is 78.2 cm³/mol. The minimum Gasteiger partial charge on any atom is -0.343 e. The van der Waals surface area contributed by atoms with Crippen LogP contribution >= 0.6 is 23.2 Å². The van der Waals surface area contributed by atoms with Crippen LogP contribution in [-0.2, 0) is 4.79 Å². The van der Waals surface area contributed by atoms with E-state index in [2.05, 4.69) is 10.6 Å². The van der Waals surface area contributed by atoms with Gasteiger partial charge in [-0.15, -0.1) is 0 Å². The highest BCUT2D eigenvalue weighted by molar-refractivity contribution is 6.42. The third-order valence-electron chi connectivity index (χ3n) is 3.05. The number of amides is 2. The molecule has 20 heavy (non-hydrogen) atoms. The number of carbonyl (C=O) groups is 2. The van der Waals surface area contributed by atoms with Crippen molar-refractivity contribution < 1.29 is 9.59 Å². The van der Waals surface area contributed by atoms with Crippen molar-refractivity contribution >= 4 is 35.0 Å². The molecule has 1 heterocycles. The fourth-order valence-electron chi connectivity index (χ4n) is 1.92. The Bertz CT molecular complexity index is 516. The molecular formula is C13H15Cl2N3O2. The minimum absolute atomic E-state index is 0.0148. The monoisotopic (exact) mass is 315 g/mol. The topological polar surface area (TPSA) is 61.4 Å². The summed E-state index contributed by atoms with van der Waals surface area (Å²) in [5.41, 5.74) is 0.382. The SMILES string of the molecule is O=C(NCC(=O)N1CCNCC1)c1ccc(Cl)c(Cl)c1. The molecule has 2 N–H and O–H groups in total. The molecule has 1 aromatic carbocycles. The molecule has 2 amide bonds. The van der Waals surface area contributed by atoms with E-state index in [0.717, 1.165) is 13.1 Å². The van der Waals surface area contributed by atoms with Gasteiger partial charge in [-0.2, -0.15) is 0 Å². The zero-order valence-electron chi connectivity index (χ0n) is 10.8. The Labute approximate surface area is 127 Å². The van der Waals surface area contributed by atoms with Crippen molar-refractivity contribution in [1.29, 1.82) is 0 Å². The van der Waals surface area contributed by atoms with Gasteiger partial charge in [-0.05, 0) is 18.2 Å². The summed E-state index contributed by atoms with van der Waals surface area (Å²) in [4.78, 5) is 25.5. The van der Waals surface area contributed by atoms with E-state index in [0.29, 0.717) is 28.7 Å². The number of hydrogen-bond donors (Lipinski definition) is 2. The van der Waals surface area contributed by atoms with Crippen LogP contribution in [-0.4, -0.2) is 49.4 Å². The van der Waals surface area contributed by atoms with E-state index in [4.69, 9.17) is 23.2 Å². The number of halogens is 2. The molecule has 0 aliphatic carbocycles. The van der Waals surface area contributed by atoms with Crippen molar-refractivity contribution in [2.75, 3.05) is 32.7 Å². The van der Waals surface area contributed by atoms with Crippen molar-refractivity contribution in [3.05, 3.63) is 33.8 Å². The van der Waals surface area contributed by atoms with Crippen molar-refractivity contribution in [2.45, 2.75) is 0 Å². The maximum Gasteiger partial charge on any atom is 0.251 e. The number of rotatable bonds is 3. The van der Waals surface area contributed by atoms with Gasteiger partial charge in [0.2, 0.25) is 5.91 Å². The Balaban J connectivity index is 1.88. The Morgan fingerprint density at radius 1 is 1.20 bits per heavy atom. The second-order valence-corrected chi connectivity index (χ2v) is 5.26. The molecule has 0 aromatic heterocycles. The van der Waals surface area contributed by atoms with Crippen LogP contribution in [0.5, 0.6) is 0 Å². The second kappa shape index (κ2) is 6.92. The standard InChI is InChI=1S/C13H15Cl2N3O2/c14-10-2-1-9(7-11(10)15)13(20)17-8-12(19)18-5-3-16-4-6-18/h1-2,7,16H,3-6,8H2,(H,17,20). The second-order valence-electron chi connectivity index (χ2n) is 4.44. The molecule has 1 aliphatic rings. The van der Waals surface area contributed by atoms with Crippen molar-refractivity contribution in [3.8, 4) is 0 Å². The summed E-state index contributed by atoms with van der Waals surface area (Å²) in [6.07, 6.45) is 0. The van der Waals surface area contributed by atoms with E-state index in [1.54, 1.807) is 17.0 Å². The van der Waals surface area contributed by atoms with Crippen LogP contribution < -0.4 is 10.6 Å². The summed E-state index contributed by atoms with van der Waals surface area (Å²) in [7, 11) is 0. The van der Waals surface area contributed by atoms with Crippen LogP contribution in [0, 0.1) is 0 Å². The first-order chi connectivity index (χ1) is 9.58. The van der Waals surface area contributed by atoms with Crippen LogP contribution in [0.4, 0.5) is 0 Å². The van der Waals surface area contributed by atoms with Gasteiger partial charge in [0.15, 0.2) is 0 Å². The molecule has 5 nitrogen and oxygen atoms in total. The van der Waals surface area contributed by atoms with E-state index in [9.17, 15) is 9.59 Å². The fraction of sp³-hybridized carbons (Fsp3) is 0.385. The molecule has 1 aliphatic heterocycles. The molecular weight excluding hydrogens is 301 g/mol. The Hall–Kier alpha value is -1.30. The first kappa shape index (κ1) is 15.1. The van der Waals surface area contributed by atoms with Gasteiger partial charge in [0.25, 0.3) is 5.91 Å². The van der Waals surface area contributed by atoms with Gasteiger partial charge in [-0.1, -0.05) is 23.2 Å². The number of hydrogen-bond acceptors (Lipinski definition) is 3. The van der Waals surface area contributed by atoms with Crippen LogP contribution in [0.1, 0.15) is 10.4 Å². The van der Waals surface area contributed by atoms with Crippen LogP contribution in [0.25, 0.3) is 0 Å². The molecule has 7 heteroatoms. The molecule has 2 rings (SSSR count). The quantitative estimate of drug-likeness (QED) is 0.879. The van der Waals surface area contributed by atoms with Crippen LogP contribution in [0.2, 0.25) is 10.0 Å². The highest BCUT2D eigenvalue weighted by atomic mass is 35.5. The van der Waals surface area contributed by atoms with Crippen LogP contribution in [0.15, 0.2) is 18.2 Å². The zero-order chi connectivity index (χ0) is 14.5. The average molecular weight is 316 g/mol. The number of nitrogens with zero attached hydrogens (tertiary/aromatic N) is 1. The van der Waals surface area contributed by atoms with E-state index in [1.165, 1.54) is 6.07 Å². The first-order valence-electron chi connectivity index (χ1n) is 6.29. The molecule has 0 radical (unpaired) electrons. The fourth-order valence-corrected chi connectivity index (χ4v) is 2.22. The van der Waals surface area contributed by atoms with Gasteiger partial charge in [0, 0.05) is 31.7 Å². The molecule has 0 saturated carbocycles. The normalized spacial score (nSPS) is 15.0. The zero-order valence-corrected chi connectivity index (χ0v) is 12.3. The maximum absolute atomic E-state index is 11.9. The van der Waals surface area contributed by atoms with Gasteiger partial charge in [0.1, 0.15) is 0 Å². The lowest BCUT2D eigenvalue weighted by molar-refractivity contribution is -0.130. The summed E-state index contributed by atoms with van der Waals surface area (Å²) < 4.78 is 0. The van der Waals surface area contributed by atoms with Crippen LogP contribution in [0.3, 0.4) is 0 Å². The number of benzene rings is 1. The number of carbonyl (C=O) groups excluding carboxylic acids is 2. The molecule has 1 saturated heterocycles. The third-order valence-corrected chi connectivity index (χ3v) is 3.79. The predicted octanol–water partition coefficient (Wildman–Crippen LogP) is 1.16. The van der Waals surface area contributed by atoms with E-state index >= 15 is 0 Å². The Kier molecular flexibility index (Phi) is 5.23. The summed E-state index contributed by atoms with van der Waals surface area (Å²) in [6, 6.07) is 4.60.